The third-order valence-electron chi connectivity index (χ3n) is 4.25. The lowest BCUT2D eigenvalue weighted by molar-refractivity contribution is -0.137. The number of rotatable bonds is 5. The lowest BCUT2D eigenvalue weighted by atomic mass is 9.92. The van der Waals surface area contributed by atoms with Crippen molar-refractivity contribution in [3.63, 3.8) is 0 Å². The number of nitrogens with zero attached hydrogens (tertiary/aromatic N) is 1. The molecule has 2 rings (SSSR count). The largest absolute Gasteiger partial charge is 0.481 e. The van der Waals surface area contributed by atoms with Gasteiger partial charge in [-0.1, -0.05) is 20.8 Å². The van der Waals surface area contributed by atoms with Crippen molar-refractivity contribution >= 4 is 17.3 Å². The van der Waals surface area contributed by atoms with Gasteiger partial charge >= 0.3 is 5.97 Å². The lowest BCUT2D eigenvalue weighted by Crippen LogP contribution is -2.33. The molecule has 0 saturated carbocycles. The fourth-order valence-electron chi connectivity index (χ4n) is 2.85. The van der Waals surface area contributed by atoms with Crippen LogP contribution < -0.4 is 0 Å². The first-order chi connectivity index (χ1) is 9.84. The molecule has 1 aliphatic heterocycles. The average molecular weight is 309 g/mol. The van der Waals surface area contributed by atoms with E-state index in [1.54, 1.807) is 0 Å². The van der Waals surface area contributed by atoms with E-state index >= 15 is 0 Å². The standard InChI is InChI=1S/C17H27NO2S/c1-17(2,3)15-6-5-14(21-15)12-18-10-8-13(9-11-18)4-7-16(19)20/h5-6,13H,4,7-12H2,1-3H3,(H,19,20). The molecule has 1 N–H and O–H groups in total. The van der Waals surface area contributed by atoms with Crippen LogP contribution in [0.25, 0.3) is 0 Å². The molecule has 0 amide bonds. The van der Waals surface area contributed by atoms with E-state index in [0.717, 1.165) is 38.9 Å². The Morgan fingerprint density at radius 2 is 2.00 bits per heavy atom. The van der Waals surface area contributed by atoms with Crippen molar-refractivity contribution < 1.29 is 9.90 Å². The molecule has 0 atom stereocenters. The predicted octanol–water partition coefficient (Wildman–Crippen LogP) is 4.12. The lowest BCUT2D eigenvalue weighted by Gasteiger charge is -2.31. The maximum atomic E-state index is 10.6. The molecule has 1 saturated heterocycles. The Labute approximate surface area is 132 Å². The minimum absolute atomic E-state index is 0.243. The van der Waals surface area contributed by atoms with Crippen molar-refractivity contribution in [3.05, 3.63) is 21.9 Å². The molecule has 0 unspecified atom stereocenters. The molecule has 2 heterocycles. The molecule has 0 aliphatic carbocycles. The molecule has 21 heavy (non-hydrogen) atoms. The molecule has 1 fully saturated rings. The first kappa shape index (κ1) is 16.5. The zero-order chi connectivity index (χ0) is 15.5. The van der Waals surface area contributed by atoms with Gasteiger partial charge in [-0.25, -0.2) is 0 Å². The smallest absolute Gasteiger partial charge is 0.303 e. The second kappa shape index (κ2) is 6.93. The zero-order valence-corrected chi connectivity index (χ0v) is 14.2. The first-order valence-electron chi connectivity index (χ1n) is 7.88. The van der Waals surface area contributed by atoms with E-state index in [1.807, 2.05) is 11.3 Å². The predicted molar refractivity (Wildman–Crippen MR) is 87.9 cm³/mol. The Bertz CT molecular complexity index is 467. The minimum atomic E-state index is -0.661. The summed E-state index contributed by atoms with van der Waals surface area (Å²) in [6, 6.07) is 4.53. The van der Waals surface area contributed by atoms with Crippen molar-refractivity contribution in [3.8, 4) is 0 Å². The van der Waals surface area contributed by atoms with Crippen LogP contribution in [-0.4, -0.2) is 29.1 Å². The minimum Gasteiger partial charge on any atom is -0.481 e. The molecule has 1 aromatic rings. The summed E-state index contributed by atoms with van der Waals surface area (Å²) in [7, 11) is 0. The van der Waals surface area contributed by atoms with E-state index < -0.39 is 5.97 Å². The van der Waals surface area contributed by atoms with Gasteiger partial charge in [0.15, 0.2) is 0 Å². The van der Waals surface area contributed by atoms with E-state index in [1.165, 1.54) is 9.75 Å². The summed E-state index contributed by atoms with van der Waals surface area (Å²) in [5.41, 5.74) is 0.243. The third-order valence-corrected chi connectivity index (χ3v) is 5.75. The van der Waals surface area contributed by atoms with Crippen molar-refractivity contribution in [1.29, 1.82) is 0 Å². The first-order valence-corrected chi connectivity index (χ1v) is 8.69. The van der Waals surface area contributed by atoms with Gasteiger partial charge in [0.2, 0.25) is 0 Å². The molecule has 3 nitrogen and oxygen atoms in total. The van der Waals surface area contributed by atoms with Gasteiger partial charge in [-0.15, -0.1) is 11.3 Å². The normalized spacial score (nSPS) is 18.0. The van der Waals surface area contributed by atoms with E-state index in [4.69, 9.17) is 5.11 Å². The third kappa shape index (κ3) is 5.11. The van der Waals surface area contributed by atoms with Crippen molar-refractivity contribution in [2.45, 2.75) is 58.4 Å². The number of aliphatic carboxylic acids is 1. The maximum Gasteiger partial charge on any atom is 0.303 e. The number of carboxylic acid groups (broad SMARTS) is 1. The molecule has 1 aromatic heterocycles. The highest BCUT2D eigenvalue weighted by molar-refractivity contribution is 7.12. The Hall–Kier alpha value is -0.870. The summed E-state index contributed by atoms with van der Waals surface area (Å²) < 4.78 is 0. The molecular formula is C17H27NO2S. The highest BCUT2D eigenvalue weighted by Gasteiger charge is 2.21. The summed E-state index contributed by atoms with van der Waals surface area (Å²) >= 11 is 1.93. The molecule has 0 bridgehead atoms. The highest BCUT2D eigenvalue weighted by atomic mass is 32.1. The van der Waals surface area contributed by atoms with Crippen LogP contribution in [0.2, 0.25) is 0 Å². The second-order valence-corrected chi connectivity index (χ2v) is 8.34. The zero-order valence-electron chi connectivity index (χ0n) is 13.4. The summed E-state index contributed by atoms with van der Waals surface area (Å²) in [6.45, 7) is 10.0. The Balaban J connectivity index is 1.78. The molecule has 0 spiro atoms. The second-order valence-electron chi connectivity index (χ2n) is 7.17. The van der Waals surface area contributed by atoms with Crippen LogP contribution in [0.3, 0.4) is 0 Å². The number of carboxylic acids is 1. The van der Waals surface area contributed by atoms with Gasteiger partial charge in [0.25, 0.3) is 0 Å². The van der Waals surface area contributed by atoms with E-state index in [-0.39, 0.29) is 5.41 Å². The molecule has 1 aliphatic rings. The SMILES string of the molecule is CC(C)(C)c1ccc(CN2CCC(CCC(=O)O)CC2)s1. The molecule has 118 valence electrons. The van der Waals surface area contributed by atoms with Crippen molar-refractivity contribution in [1.82, 2.24) is 4.90 Å². The average Bonchev–Trinajstić information content (AvgIpc) is 2.86. The van der Waals surface area contributed by atoms with Gasteiger partial charge in [-0.05, 0) is 55.8 Å². The maximum absolute atomic E-state index is 10.6. The fourth-order valence-corrected chi connectivity index (χ4v) is 3.96. The van der Waals surface area contributed by atoms with Crippen LogP contribution in [0.5, 0.6) is 0 Å². The van der Waals surface area contributed by atoms with Gasteiger partial charge < -0.3 is 5.11 Å². The number of thiophene rings is 1. The molecule has 0 radical (unpaired) electrons. The Morgan fingerprint density at radius 1 is 1.33 bits per heavy atom. The van der Waals surface area contributed by atoms with Gasteiger partial charge in [0.1, 0.15) is 0 Å². The van der Waals surface area contributed by atoms with Crippen molar-refractivity contribution in [2.75, 3.05) is 13.1 Å². The van der Waals surface area contributed by atoms with Crippen LogP contribution in [-0.2, 0) is 16.8 Å². The fraction of sp³-hybridized carbons (Fsp3) is 0.706. The summed E-state index contributed by atoms with van der Waals surface area (Å²) in [5.74, 6) is -0.0588. The van der Waals surface area contributed by atoms with Crippen LogP contribution in [0.4, 0.5) is 0 Å². The highest BCUT2D eigenvalue weighted by Crippen LogP contribution is 2.31. The number of hydrogen-bond acceptors (Lipinski definition) is 3. The van der Waals surface area contributed by atoms with E-state index in [0.29, 0.717) is 12.3 Å². The Morgan fingerprint density at radius 3 is 2.52 bits per heavy atom. The Kier molecular flexibility index (Phi) is 5.44. The molecule has 0 aromatic carbocycles. The number of piperidine rings is 1. The van der Waals surface area contributed by atoms with Gasteiger partial charge in [0.05, 0.1) is 0 Å². The summed E-state index contributed by atoms with van der Waals surface area (Å²) in [4.78, 5) is 16.0. The summed E-state index contributed by atoms with van der Waals surface area (Å²) in [5, 5.41) is 8.75. The van der Waals surface area contributed by atoms with Gasteiger partial charge in [-0.2, -0.15) is 0 Å². The summed E-state index contributed by atoms with van der Waals surface area (Å²) in [6.07, 6.45) is 3.45. The number of likely N-dealkylation sites (tertiary alicyclic amines) is 1. The molecule has 4 heteroatoms. The topological polar surface area (TPSA) is 40.5 Å². The van der Waals surface area contributed by atoms with Gasteiger partial charge in [-0.3, -0.25) is 9.69 Å². The van der Waals surface area contributed by atoms with Crippen LogP contribution in [0.1, 0.15) is 56.2 Å². The van der Waals surface area contributed by atoms with E-state index in [2.05, 4.69) is 37.8 Å². The van der Waals surface area contributed by atoms with Crippen LogP contribution in [0, 0.1) is 5.92 Å². The van der Waals surface area contributed by atoms with Crippen molar-refractivity contribution in [2.24, 2.45) is 5.92 Å². The van der Waals surface area contributed by atoms with Crippen LogP contribution >= 0.6 is 11.3 Å². The quantitative estimate of drug-likeness (QED) is 0.889. The number of hydrogen-bond donors (Lipinski definition) is 1. The van der Waals surface area contributed by atoms with E-state index in [9.17, 15) is 4.79 Å². The van der Waals surface area contributed by atoms with Crippen LogP contribution in [0.15, 0.2) is 12.1 Å². The van der Waals surface area contributed by atoms with Gasteiger partial charge in [0, 0.05) is 22.7 Å². The monoisotopic (exact) mass is 309 g/mol. The number of carbonyl (C=O) groups is 1. The molecular weight excluding hydrogens is 282 g/mol.